The number of methoxy groups -OCH3 is 2. The highest BCUT2D eigenvalue weighted by Crippen LogP contribution is 2.21. The first-order valence-electron chi connectivity index (χ1n) is 5.70. The van der Waals surface area contributed by atoms with Gasteiger partial charge in [0.1, 0.15) is 18.9 Å². The van der Waals surface area contributed by atoms with Crippen molar-refractivity contribution < 1.29 is 19.1 Å². The predicted molar refractivity (Wildman–Crippen MR) is 70.2 cm³/mol. The fraction of sp³-hybridized carbons (Fsp3) is 0.636. The number of carbonyl (C=O) groups excluding carboxylic acids is 2. The number of nitrogens with zero attached hydrogens (tertiary/aromatic N) is 3. The normalized spacial score (nSPS) is 10.4. The topological polar surface area (TPSA) is 81.6 Å². The standard InChI is InChI=1S/C11H17N3O4S/c1-7(2)10-12-11(19-13-10)14(5-8(15)17-3)6-9(16)18-4/h7H,5-6H2,1-4H3. The molecule has 0 aliphatic rings. The highest BCUT2D eigenvalue weighted by Gasteiger charge is 2.20. The predicted octanol–water partition coefficient (Wildman–Crippen LogP) is 0.814. The Kier molecular flexibility index (Phi) is 5.68. The molecule has 0 spiro atoms. The number of aromatic nitrogens is 2. The van der Waals surface area contributed by atoms with Crippen LogP contribution in [0.5, 0.6) is 0 Å². The molecule has 1 aromatic heterocycles. The minimum atomic E-state index is -0.454. The van der Waals surface area contributed by atoms with E-state index in [4.69, 9.17) is 0 Å². The van der Waals surface area contributed by atoms with E-state index in [2.05, 4.69) is 18.8 Å². The Bertz CT molecular complexity index is 429. The van der Waals surface area contributed by atoms with E-state index in [1.54, 1.807) is 0 Å². The Morgan fingerprint density at radius 1 is 1.21 bits per heavy atom. The minimum absolute atomic E-state index is 0.0711. The van der Waals surface area contributed by atoms with Crippen LogP contribution in [0.15, 0.2) is 0 Å². The molecule has 0 aromatic carbocycles. The Morgan fingerprint density at radius 3 is 2.11 bits per heavy atom. The third-order valence-corrected chi connectivity index (χ3v) is 3.10. The van der Waals surface area contributed by atoms with Gasteiger partial charge in [-0.15, -0.1) is 0 Å². The van der Waals surface area contributed by atoms with E-state index in [9.17, 15) is 9.59 Å². The van der Waals surface area contributed by atoms with Crippen LogP contribution in [-0.4, -0.2) is 48.6 Å². The SMILES string of the molecule is COC(=O)CN(CC(=O)OC)c1nc(C(C)C)ns1. The zero-order chi connectivity index (χ0) is 14.4. The first-order valence-corrected chi connectivity index (χ1v) is 6.47. The molecule has 0 saturated heterocycles. The van der Waals surface area contributed by atoms with Crippen molar-refractivity contribution in [1.82, 2.24) is 9.36 Å². The molecule has 0 fully saturated rings. The summed E-state index contributed by atoms with van der Waals surface area (Å²) in [6, 6.07) is 0. The van der Waals surface area contributed by atoms with E-state index < -0.39 is 11.9 Å². The van der Waals surface area contributed by atoms with Crippen LogP contribution in [0.25, 0.3) is 0 Å². The van der Waals surface area contributed by atoms with Gasteiger partial charge in [0.15, 0.2) is 0 Å². The second kappa shape index (κ2) is 7.03. The molecule has 0 aliphatic carbocycles. The summed E-state index contributed by atoms with van der Waals surface area (Å²) < 4.78 is 13.4. The van der Waals surface area contributed by atoms with Gasteiger partial charge in [0.2, 0.25) is 5.13 Å². The summed E-state index contributed by atoms with van der Waals surface area (Å²) >= 11 is 1.14. The Hall–Kier alpha value is -1.70. The lowest BCUT2D eigenvalue weighted by atomic mass is 10.2. The number of hydrogen-bond acceptors (Lipinski definition) is 8. The average Bonchev–Trinajstić information content (AvgIpc) is 2.87. The average molecular weight is 287 g/mol. The molecule has 0 radical (unpaired) electrons. The number of esters is 2. The van der Waals surface area contributed by atoms with E-state index >= 15 is 0 Å². The van der Waals surface area contributed by atoms with Crippen LogP contribution < -0.4 is 4.90 Å². The van der Waals surface area contributed by atoms with Crippen molar-refractivity contribution in [3.8, 4) is 0 Å². The maximum atomic E-state index is 11.3. The third kappa shape index (κ3) is 4.47. The maximum Gasteiger partial charge on any atom is 0.325 e. The fourth-order valence-corrected chi connectivity index (χ4v) is 2.03. The Morgan fingerprint density at radius 2 is 1.74 bits per heavy atom. The van der Waals surface area contributed by atoms with Gasteiger partial charge in [-0.05, 0) is 0 Å². The van der Waals surface area contributed by atoms with Crippen LogP contribution in [0, 0.1) is 0 Å². The summed E-state index contributed by atoms with van der Waals surface area (Å²) in [5, 5.41) is 0.500. The molecule has 0 unspecified atom stereocenters. The number of hydrogen-bond donors (Lipinski definition) is 0. The van der Waals surface area contributed by atoms with Crippen molar-refractivity contribution >= 4 is 28.6 Å². The highest BCUT2D eigenvalue weighted by atomic mass is 32.1. The smallest absolute Gasteiger partial charge is 0.325 e. The van der Waals surface area contributed by atoms with Crippen molar-refractivity contribution in [3.63, 3.8) is 0 Å². The minimum Gasteiger partial charge on any atom is -0.468 e. The van der Waals surface area contributed by atoms with Crippen molar-refractivity contribution in [2.24, 2.45) is 0 Å². The van der Waals surface area contributed by atoms with Crippen LogP contribution in [0.3, 0.4) is 0 Å². The number of anilines is 1. The van der Waals surface area contributed by atoms with E-state index in [1.807, 2.05) is 13.8 Å². The Balaban J connectivity index is 2.87. The second-order valence-electron chi connectivity index (χ2n) is 4.10. The summed E-state index contributed by atoms with van der Waals surface area (Å²) in [6.07, 6.45) is 0. The molecule has 1 aromatic rings. The first kappa shape index (κ1) is 15.4. The lowest BCUT2D eigenvalue weighted by Gasteiger charge is -2.18. The lowest BCUT2D eigenvalue weighted by Crippen LogP contribution is -2.35. The summed E-state index contributed by atoms with van der Waals surface area (Å²) in [7, 11) is 2.58. The van der Waals surface area contributed by atoms with Gasteiger partial charge >= 0.3 is 11.9 Å². The number of carbonyl (C=O) groups is 2. The van der Waals surface area contributed by atoms with Gasteiger partial charge in [-0.1, -0.05) is 13.8 Å². The second-order valence-corrected chi connectivity index (χ2v) is 4.83. The molecule has 7 nitrogen and oxygen atoms in total. The summed E-state index contributed by atoms with van der Waals surface area (Å²) in [5.41, 5.74) is 0. The van der Waals surface area contributed by atoms with E-state index in [0.717, 1.165) is 11.5 Å². The third-order valence-electron chi connectivity index (χ3n) is 2.31. The molecule has 1 rings (SSSR count). The largest absolute Gasteiger partial charge is 0.468 e. The van der Waals surface area contributed by atoms with Gasteiger partial charge in [-0.2, -0.15) is 4.37 Å². The molecule has 0 atom stereocenters. The quantitative estimate of drug-likeness (QED) is 0.716. The van der Waals surface area contributed by atoms with Gasteiger partial charge < -0.3 is 14.4 Å². The number of ether oxygens (including phenoxy) is 2. The molecular formula is C11H17N3O4S. The monoisotopic (exact) mass is 287 g/mol. The zero-order valence-electron chi connectivity index (χ0n) is 11.4. The maximum absolute atomic E-state index is 11.3. The summed E-state index contributed by atoms with van der Waals surface area (Å²) in [5.74, 6) is -0.0433. The van der Waals surface area contributed by atoms with E-state index in [1.165, 1.54) is 19.1 Å². The van der Waals surface area contributed by atoms with Crippen LogP contribution in [0.4, 0.5) is 5.13 Å². The van der Waals surface area contributed by atoms with Crippen molar-refractivity contribution in [3.05, 3.63) is 5.82 Å². The molecule has 0 bridgehead atoms. The molecule has 106 valence electrons. The molecule has 0 saturated carbocycles. The van der Waals surface area contributed by atoms with E-state index in [0.29, 0.717) is 11.0 Å². The van der Waals surface area contributed by atoms with Crippen LogP contribution >= 0.6 is 11.5 Å². The fourth-order valence-electron chi connectivity index (χ4n) is 1.22. The molecule has 0 amide bonds. The van der Waals surface area contributed by atoms with Crippen LogP contribution in [-0.2, 0) is 19.1 Å². The van der Waals surface area contributed by atoms with Gasteiger partial charge in [0.25, 0.3) is 0 Å². The van der Waals surface area contributed by atoms with Gasteiger partial charge in [0.05, 0.1) is 14.2 Å². The number of rotatable bonds is 6. The van der Waals surface area contributed by atoms with Crippen molar-refractivity contribution in [1.29, 1.82) is 0 Å². The molecule has 0 N–H and O–H groups in total. The van der Waals surface area contributed by atoms with Crippen LogP contribution in [0.1, 0.15) is 25.6 Å². The molecule has 8 heteroatoms. The van der Waals surface area contributed by atoms with Gasteiger partial charge in [0, 0.05) is 17.5 Å². The van der Waals surface area contributed by atoms with E-state index in [-0.39, 0.29) is 19.0 Å². The molecule has 0 aliphatic heterocycles. The zero-order valence-corrected chi connectivity index (χ0v) is 12.2. The first-order chi connectivity index (χ1) is 8.97. The van der Waals surface area contributed by atoms with Crippen LogP contribution in [0.2, 0.25) is 0 Å². The van der Waals surface area contributed by atoms with Crippen molar-refractivity contribution in [2.75, 3.05) is 32.2 Å². The Labute approximate surface area is 115 Å². The lowest BCUT2D eigenvalue weighted by molar-refractivity contribution is -0.140. The van der Waals surface area contributed by atoms with Crippen molar-refractivity contribution in [2.45, 2.75) is 19.8 Å². The molecule has 1 heterocycles. The summed E-state index contributed by atoms with van der Waals surface area (Å²) in [4.78, 5) is 28.5. The highest BCUT2D eigenvalue weighted by molar-refractivity contribution is 7.09. The van der Waals surface area contributed by atoms with Gasteiger partial charge in [-0.25, -0.2) is 4.98 Å². The molecular weight excluding hydrogens is 270 g/mol. The summed E-state index contributed by atoms with van der Waals surface area (Å²) in [6.45, 7) is 3.80. The van der Waals surface area contributed by atoms with Gasteiger partial charge in [-0.3, -0.25) is 9.59 Å². The molecule has 19 heavy (non-hydrogen) atoms.